The van der Waals surface area contributed by atoms with Gasteiger partial charge in [0, 0.05) is 0 Å². The first-order valence-corrected chi connectivity index (χ1v) is 6.75. The lowest BCUT2D eigenvalue weighted by Gasteiger charge is -2.28. The summed E-state index contributed by atoms with van der Waals surface area (Å²) in [5, 5.41) is 17.4. The Kier molecular flexibility index (Phi) is 2.97. The largest absolute Gasteiger partial charge is 0.478 e. The minimum atomic E-state index is -0.928. The van der Waals surface area contributed by atoms with Gasteiger partial charge < -0.3 is 5.11 Å². The van der Waals surface area contributed by atoms with Gasteiger partial charge in [-0.2, -0.15) is 0 Å². The van der Waals surface area contributed by atoms with E-state index < -0.39 is 5.97 Å². The third-order valence-electron chi connectivity index (χ3n) is 4.10. The number of aromatic carboxylic acids is 1. The molecule has 2 aromatic rings. The molecule has 0 saturated heterocycles. The van der Waals surface area contributed by atoms with Gasteiger partial charge in [-0.05, 0) is 37.0 Å². The molecule has 1 aromatic carbocycles. The zero-order valence-corrected chi connectivity index (χ0v) is 10.9. The summed E-state index contributed by atoms with van der Waals surface area (Å²) in [5.74, 6) is -0.333. The van der Waals surface area contributed by atoms with Gasteiger partial charge in [0.15, 0.2) is 0 Å². The molecule has 2 atom stereocenters. The van der Waals surface area contributed by atoms with Gasteiger partial charge in [0.2, 0.25) is 0 Å². The molecule has 5 heteroatoms. The van der Waals surface area contributed by atoms with Crippen LogP contribution in [0.4, 0.5) is 0 Å². The number of carboxylic acid groups (broad SMARTS) is 1. The van der Waals surface area contributed by atoms with Crippen LogP contribution in [0, 0.1) is 5.92 Å². The zero-order chi connectivity index (χ0) is 13.4. The van der Waals surface area contributed by atoms with Crippen molar-refractivity contribution in [3.63, 3.8) is 0 Å². The van der Waals surface area contributed by atoms with Gasteiger partial charge in [0.1, 0.15) is 5.52 Å². The third-order valence-corrected chi connectivity index (χ3v) is 4.10. The molecular formula is C14H17N3O2. The predicted molar refractivity (Wildman–Crippen MR) is 71.2 cm³/mol. The maximum Gasteiger partial charge on any atom is 0.335 e. The Morgan fingerprint density at radius 3 is 2.89 bits per heavy atom. The Balaban J connectivity index is 2.03. The normalized spacial score (nSPS) is 23.6. The average Bonchev–Trinajstić information content (AvgIpc) is 2.82. The van der Waals surface area contributed by atoms with E-state index in [2.05, 4.69) is 17.2 Å². The monoisotopic (exact) mass is 259 g/mol. The highest BCUT2D eigenvalue weighted by atomic mass is 16.4. The lowest BCUT2D eigenvalue weighted by Crippen LogP contribution is -2.22. The summed E-state index contributed by atoms with van der Waals surface area (Å²) in [6.07, 6.45) is 4.86. The quantitative estimate of drug-likeness (QED) is 0.900. The molecule has 0 spiro atoms. The van der Waals surface area contributed by atoms with E-state index in [9.17, 15) is 4.79 Å². The van der Waals surface area contributed by atoms with Crippen LogP contribution >= 0.6 is 0 Å². The minimum Gasteiger partial charge on any atom is -0.478 e. The minimum absolute atomic E-state index is 0.260. The van der Waals surface area contributed by atoms with Crippen molar-refractivity contribution in [3.05, 3.63) is 23.8 Å². The van der Waals surface area contributed by atoms with E-state index in [0.29, 0.717) is 17.5 Å². The number of hydrogen-bond acceptors (Lipinski definition) is 3. The highest BCUT2D eigenvalue weighted by Crippen LogP contribution is 2.34. The molecule has 1 aliphatic rings. The van der Waals surface area contributed by atoms with Gasteiger partial charge in [-0.15, -0.1) is 5.10 Å². The highest BCUT2D eigenvalue weighted by molar-refractivity contribution is 5.92. The molecule has 0 amide bonds. The Hall–Kier alpha value is -1.91. The van der Waals surface area contributed by atoms with Crippen molar-refractivity contribution in [2.75, 3.05) is 0 Å². The Labute approximate surface area is 111 Å². The summed E-state index contributed by atoms with van der Waals surface area (Å²) in [4.78, 5) is 11.0. The number of carbonyl (C=O) groups is 1. The van der Waals surface area contributed by atoms with Gasteiger partial charge in [-0.1, -0.05) is 25.0 Å². The van der Waals surface area contributed by atoms with Crippen molar-refractivity contribution in [2.45, 2.75) is 38.6 Å². The first kappa shape index (κ1) is 12.1. The Morgan fingerprint density at radius 1 is 1.37 bits per heavy atom. The first-order chi connectivity index (χ1) is 9.16. The maximum absolute atomic E-state index is 11.0. The zero-order valence-electron chi connectivity index (χ0n) is 10.9. The van der Waals surface area contributed by atoms with Crippen molar-refractivity contribution >= 4 is 17.0 Å². The van der Waals surface area contributed by atoms with Gasteiger partial charge in [-0.25, -0.2) is 9.48 Å². The predicted octanol–water partition coefficient (Wildman–Crippen LogP) is 2.88. The summed E-state index contributed by atoms with van der Waals surface area (Å²) in [6.45, 7) is 2.25. The molecule has 5 nitrogen and oxygen atoms in total. The summed E-state index contributed by atoms with van der Waals surface area (Å²) in [6, 6.07) is 5.42. The van der Waals surface area contributed by atoms with Crippen LogP contribution in [0.15, 0.2) is 18.2 Å². The fourth-order valence-electron chi connectivity index (χ4n) is 2.98. The molecule has 3 rings (SSSR count). The van der Waals surface area contributed by atoms with Crippen LogP contribution in [0.3, 0.4) is 0 Å². The lowest BCUT2D eigenvalue weighted by atomic mass is 9.86. The molecule has 0 bridgehead atoms. The third kappa shape index (κ3) is 2.09. The molecule has 1 aromatic heterocycles. The van der Waals surface area contributed by atoms with Gasteiger partial charge in [-0.3, -0.25) is 0 Å². The van der Waals surface area contributed by atoms with E-state index in [1.807, 2.05) is 10.7 Å². The van der Waals surface area contributed by atoms with E-state index >= 15 is 0 Å². The SMILES string of the molecule is CC1CCCCC1n1nnc2cc(C(=O)O)ccc21. The molecule has 19 heavy (non-hydrogen) atoms. The molecule has 1 N–H and O–H groups in total. The maximum atomic E-state index is 11.0. The van der Waals surface area contributed by atoms with Gasteiger partial charge in [0.05, 0.1) is 17.1 Å². The number of benzene rings is 1. The van der Waals surface area contributed by atoms with Crippen molar-refractivity contribution in [3.8, 4) is 0 Å². The topological polar surface area (TPSA) is 68.0 Å². The molecule has 1 saturated carbocycles. The summed E-state index contributed by atoms with van der Waals surface area (Å²) >= 11 is 0. The number of nitrogens with zero attached hydrogens (tertiary/aromatic N) is 3. The fraction of sp³-hybridized carbons (Fsp3) is 0.500. The molecule has 0 aliphatic heterocycles. The van der Waals surface area contributed by atoms with Crippen LogP contribution in [-0.2, 0) is 0 Å². The number of aromatic nitrogens is 3. The molecule has 2 unspecified atom stereocenters. The number of rotatable bonds is 2. The second-order valence-electron chi connectivity index (χ2n) is 5.37. The Bertz CT molecular complexity index is 620. The number of carboxylic acids is 1. The smallest absolute Gasteiger partial charge is 0.335 e. The van der Waals surface area contributed by atoms with Crippen molar-refractivity contribution in [1.82, 2.24) is 15.0 Å². The molecular weight excluding hydrogens is 242 g/mol. The molecule has 1 fully saturated rings. The second-order valence-corrected chi connectivity index (χ2v) is 5.37. The standard InChI is InChI=1S/C14H17N3O2/c1-9-4-2-3-5-12(9)17-13-7-6-10(14(18)19)8-11(13)15-16-17/h6-9,12H,2-5H2,1H3,(H,18,19). The summed E-state index contributed by atoms with van der Waals surface area (Å²) in [7, 11) is 0. The van der Waals surface area contributed by atoms with Gasteiger partial charge >= 0.3 is 5.97 Å². The lowest BCUT2D eigenvalue weighted by molar-refractivity contribution is 0.0697. The fourth-order valence-corrected chi connectivity index (χ4v) is 2.98. The molecule has 1 aliphatic carbocycles. The van der Waals surface area contributed by atoms with Crippen LogP contribution in [0.5, 0.6) is 0 Å². The van der Waals surface area contributed by atoms with E-state index in [4.69, 9.17) is 5.11 Å². The van der Waals surface area contributed by atoms with Crippen molar-refractivity contribution in [2.24, 2.45) is 5.92 Å². The molecule has 0 radical (unpaired) electrons. The van der Waals surface area contributed by atoms with Crippen LogP contribution < -0.4 is 0 Å². The number of fused-ring (bicyclic) bond motifs is 1. The van der Waals surface area contributed by atoms with Crippen LogP contribution in [0.1, 0.15) is 49.0 Å². The van der Waals surface area contributed by atoms with Crippen LogP contribution in [0.25, 0.3) is 11.0 Å². The van der Waals surface area contributed by atoms with E-state index in [-0.39, 0.29) is 5.56 Å². The van der Waals surface area contributed by atoms with Crippen molar-refractivity contribution in [1.29, 1.82) is 0 Å². The van der Waals surface area contributed by atoms with Crippen LogP contribution in [-0.4, -0.2) is 26.1 Å². The molecule has 100 valence electrons. The van der Waals surface area contributed by atoms with E-state index in [1.165, 1.54) is 19.3 Å². The van der Waals surface area contributed by atoms with E-state index in [1.54, 1.807) is 12.1 Å². The highest BCUT2D eigenvalue weighted by Gasteiger charge is 2.25. The van der Waals surface area contributed by atoms with E-state index in [0.717, 1.165) is 11.9 Å². The van der Waals surface area contributed by atoms with Crippen LogP contribution in [0.2, 0.25) is 0 Å². The summed E-state index contributed by atoms with van der Waals surface area (Å²) in [5.41, 5.74) is 1.86. The van der Waals surface area contributed by atoms with Crippen molar-refractivity contribution < 1.29 is 9.90 Å². The average molecular weight is 259 g/mol. The summed E-state index contributed by atoms with van der Waals surface area (Å²) < 4.78 is 1.98. The Morgan fingerprint density at radius 2 is 2.16 bits per heavy atom. The second kappa shape index (κ2) is 4.64. The number of hydrogen-bond donors (Lipinski definition) is 1. The first-order valence-electron chi connectivity index (χ1n) is 6.75. The van der Waals surface area contributed by atoms with Gasteiger partial charge in [0.25, 0.3) is 0 Å². The molecule has 1 heterocycles.